The fraction of sp³-hybridized carbons (Fsp3) is 0.438. The summed E-state index contributed by atoms with van der Waals surface area (Å²) in [5, 5.41) is 10.0. The van der Waals surface area contributed by atoms with Gasteiger partial charge in [-0.05, 0) is 12.5 Å². The summed E-state index contributed by atoms with van der Waals surface area (Å²) in [6.45, 7) is 2.29. The Morgan fingerprint density at radius 1 is 1.29 bits per heavy atom. The van der Waals surface area contributed by atoms with Crippen LogP contribution >= 0.6 is 0 Å². The first-order valence-corrected chi connectivity index (χ1v) is 6.83. The van der Waals surface area contributed by atoms with Gasteiger partial charge in [0.1, 0.15) is 6.79 Å². The van der Waals surface area contributed by atoms with Gasteiger partial charge in [-0.1, -0.05) is 42.5 Å². The Kier molecular flexibility index (Phi) is 8.35. The lowest BCUT2D eigenvalue weighted by Gasteiger charge is -2.13. The molecule has 116 valence electrons. The zero-order valence-electron chi connectivity index (χ0n) is 12.4. The summed E-state index contributed by atoms with van der Waals surface area (Å²) in [4.78, 5) is 11.8. The van der Waals surface area contributed by atoms with Gasteiger partial charge in [-0.3, -0.25) is 4.79 Å². The lowest BCUT2D eigenvalue weighted by Crippen LogP contribution is -2.21. The normalized spacial score (nSPS) is 14.0. The molecular weight excluding hydrogens is 272 g/mol. The van der Waals surface area contributed by atoms with Crippen molar-refractivity contribution >= 4 is 5.97 Å². The van der Waals surface area contributed by atoms with E-state index in [9.17, 15) is 9.90 Å². The van der Waals surface area contributed by atoms with Crippen LogP contribution in [0, 0.1) is 5.92 Å². The van der Waals surface area contributed by atoms with Crippen LogP contribution in [0.4, 0.5) is 0 Å². The molecule has 5 heteroatoms. The molecule has 2 atom stereocenters. The molecule has 1 aromatic rings. The highest BCUT2D eigenvalue weighted by atomic mass is 16.7. The quantitative estimate of drug-likeness (QED) is 0.327. The Labute approximate surface area is 125 Å². The van der Waals surface area contributed by atoms with Crippen molar-refractivity contribution in [3.8, 4) is 0 Å². The number of methoxy groups -OCH3 is 1. The van der Waals surface area contributed by atoms with Gasteiger partial charge in [-0.2, -0.15) is 0 Å². The van der Waals surface area contributed by atoms with Crippen molar-refractivity contribution in [3.05, 3.63) is 48.0 Å². The van der Waals surface area contributed by atoms with Gasteiger partial charge in [0.15, 0.2) is 0 Å². The highest BCUT2D eigenvalue weighted by Gasteiger charge is 2.17. The smallest absolute Gasteiger partial charge is 0.315 e. The molecule has 0 heterocycles. The van der Waals surface area contributed by atoms with Crippen molar-refractivity contribution in [1.82, 2.24) is 0 Å². The van der Waals surface area contributed by atoms with Crippen LogP contribution in [-0.2, 0) is 19.0 Å². The molecule has 0 aliphatic rings. The zero-order valence-corrected chi connectivity index (χ0v) is 12.4. The van der Waals surface area contributed by atoms with Crippen LogP contribution < -0.4 is 0 Å². The molecular formula is C16H22O5. The van der Waals surface area contributed by atoms with Gasteiger partial charge in [0.2, 0.25) is 0 Å². The third kappa shape index (κ3) is 6.53. The molecule has 0 aromatic heterocycles. The van der Waals surface area contributed by atoms with E-state index in [2.05, 4.69) is 0 Å². The first-order valence-electron chi connectivity index (χ1n) is 6.83. The molecule has 1 aromatic carbocycles. The van der Waals surface area contributed by atoms with E-state index in [0.29, 0.717) is 6.61 Å². The minimum Gasteiger partial charge on any atom is -0.465 e. The fourth-order valence-corrected chi connectivity index (χ4v) is 1.71. The predicted molar refractivity (Wildman–Crippen MR) is 78.5 cm³/mol. The van der Waals surface area contributed by atoms with E-state index >= 15 is 0 Å². The Morgan fingerprint density at radius 3 is 2.62 bits per heavy atom. The SMILES string of the molecule is CCOC(=O)C(/C=C/C(O)c1ccccc1)COCOC. The molecule has 0 amide bonds. The largest absolute Gasteiger partial charge is 0.465 e. The molecule has 0 bridgehead atoms. The van der Waals surface area contributed by atoms with E-state index in [1.807, 2.05) is 30.3 Å². The minimum absolute atomic E-state index is 0.102. The van der Waals surface area contributed by atoms with Crippen molar-refractivity contribution < 1.29 is 24.1 Å². The number of aliphatic hydroxyl groups is 1. The maximum absolute atomic E-state index is 11.8. The second-order valence-electron chi connectivity index (χ2n) is 4.38. The minimum atomic E-state index is -0.773. The van der Waals surface area contributed by atoms with E-state index in [4.69, 9.17) is 14.2 Å². The first kappa shape index (κ1) is 17.4. The number of esters is 1. The van der Waals surface area contributed by atoms with Crippen LogP contribution in [0.2, 0.25) is 0 Å². The van der Waals surface area contributed by atoms with Crippen LogP contribution in [0.1, 0.15) is 18.6 Å². The molecule has 2 unspecified atom stereocenters. The van der Waals surface area contributed by atoms with Gasteiger partial charge in [0.05, 0.1) is 25.2 Å². The lowest BCUT2D eigenvalue weighted by atomic mass is 10.1. The summed E-state index contributed by atoms with van der Waals surface area (Å²) in [5.41, 5.74) is 0.758. The van der Waals surface area contributed by atoms with Gasteiger partial charge in [-0.15, -0.1) is 0 Å². The number of aliphatic hydroxyl groups excluding tert-OH is 1. The van der Waals surface area contributed by atoms with Crippen LogP contribution in [0.5, 0.6) is 0 Å². The number of carbonyl (C=O) groups excluding carboxylic acids is 1. The van der Waals surface area contributed by atoms with Crippen molar-refractivity contribution in [1.29, 1.82) is 0 Å². The molecule has 1 N–H and O–H groups in total. The molecule has 21 heavy (non-hydrogen) atoms. The van der Waals surface area contributed by atoms with E-state index in [-0.39, 0.29) is 19.4 Å². The standard InChI is InChI=1S/C16H22O5/c1-3-21-16(18)14(11-20-12-19-2)9-10-15(17)13-7-5-4-6-8-13/h4-10,14-15,17H,3,11-12H2,1-2H3/b10-9+. The molecule has 0 aliphatic heterocycles. The van der Waals surface area contributed by atoms with Gasteiger partial charge in [0, 0.05) is 7.11 Å². The summed E-state index contributed by atoms with van der Waals surface area (Å²) in [5.74, 6) is -0.955. The Balaban J connectivity index is 2.65. The van der Waals surface area contributed by atoms with Gasteiger partial charge in [0.25, 0.3) is 0 Å². The van der Waals surface area contributed by atoms with E-state index in [1.54, 1.807) is 19.1 Å². The second-order valence-corrected chi connectivity index (χ2v) is 4.38. The molecule has 0 saturated carbocycles. The number of ether oxygens (including phenoxy) is 3. The average Bonchev–Trinajstić information content (AvgIpc) is 2.51. The van der Waals surface area contributed by atoms with E-state index < -0.39 is 12.0 Å². The molecule has 0 spiro atoms. The lowest BCUT2D eigenvalue weighted by molar-refractivity contribution is -0.149. The summed E-state index contributed by atoms with van der Waals surface area (Å²) in [6.07, 6.45) is 2.39. The van der Waals surface area contributed by atoms with Crippen molar-refractivity contribution in [2.24, 2.45) is 5.92 Å². The Morgan fingerprint density at radius 2 is 2.00 bits per heavy atom. The molecule has 0 radical (unpaired) electrons. The highest BCUT2D eigenvalue weighted by molar-refractivity contribution is 5.74. The summed E-state index contributed by atoms with van der Waals surface area (Å²) < 4.78 is 15.0. The van der Waals surface area contributed by atoms with Crippen molar-refractivity contribution in [3.63, 3.8) is 0 Å². The Hall–Kier alpha value is -1.69. The molecule has 5 nitrogen and oxygen atoms in total. The molecule has 0 aliphatic carbocycles. The topological polar surface area (TPSA) is 65.0 Å². The number of carbonyl (C=O) groups is 1. The molecule has 1 rings (SSSR count). The monoisotopic (exact) mass is 294 g/mol. The van der Waals surface area contributed by atoms with Gasteiger partial charge in [-0.25, -0.2) is 0 Å². The Bertz CT molecular complexity index is 430. The van der Waals surface area contributed by atoms with Crippen LogP contribution in [-0.4, -0.2) is 38.2 Å². The van der Waals surface area contributed by atoms with Crippen LogP contribution in [0.25, 0.3) is 0 Å². The van der Waals surface area contributed by atoms with E-state index in [1.165, 1.54) is 7.11 Å². The first-order chi connectivity index (χ1) is 10.2. The molecule has 0 fully saturated rings. The van der Waals surface area contributed by atoms with Crippen molar-refractivity contribution in [2.75, 3.05) is 27.1 Å². The van der Waals surface area contributed by atoms with E-state index in [0.717, 1.165) is 5.56 Å². The van der Waals surface area contributed by atoms with Gasteiger partial charge < -0.3 is 19.3 Å². The number of rotatable bonds is 9. The average molecular weight is 294 g/mol. The maximum atomic E-state index is 11.8. The summed E-state index contributed by atoms with van der Waals surface area (Å²) in [6, 6.07) is 9.19. The van der Waals surface area contributed by atoms with Crippen molar-refractivity contribution in [2.45, 2.75) is 13.0 Å². The summed E-state index contributed by atoms with van der Waals surface area (Å²) >= 11 is 0. The number of benzene rings is 1. The third-order valence-corrected chi connectivity index (χ3v) is 2.75. The maximum Gasteiger partial charge on any atom is 0.315 e. The molecule has 0 saturated heterocycles. The van der Waals surface area contributed by atoms with Crippen LogP contribution in [0.3, 0.4) is 0 Å². The number of hydrogen-bond donors (Lipinski definition) is 1. The van der Waals surface area contributed by atoms with Gasteiger partial charge >= 0.3 is 5.97 Å². The second kappa shape index (κ2) is 10.1. The zero-order chi connectivity index (χ0) is 15.5. The number of hydrogen-bond acceptors (Lipinski definition) is 5. The summed E-state index contributed by atoms with van der Waals surface area (Å²) in [7, 11) is 1.51. The third-order valence-electron chi connectivity index (χ3n) is 2.75. The highest BCUT2D eigenvalue weighted by Crippen LogP contribution is 2.15. The fourth-order valence-electron chi connectivity index (χ4n) is 1.71. The predicted octanol–water partition coefficient (Wildman–Crippen LogP) is 2.08. The van der Waals surface area contributed by atoms with Crippen LogP contribution in [0.15, 0.2) is 42.5 Å².